The van der Waals surface area contributed by atoms with Crippen LogP contribution in [0, 0.1) is 11.3 Å². The summed E-state index contributed by atoms with van der Waals surface area (Å²) in [5.74, 6) is 2.87. The molecule has 1 aromatic rings. The van der Waals surface area contributed by atoms with E-state index in [1.807, 2.05) is 6.07 Å². The molecule has 2 saturated heterocycles. The Morgan fingerprint density at radius 3 is 2.91 bits per heavy atom. The Labute approximate surface area is 139 Å². The van der Waals surface area contributed by atoms with E-state index in [1.54, 1.807) is 0 Å². The zero-order valence-corrected chi connectivity index (χ0v) is 14.6. The van der Waals surface area contributed by atoms with E-state index in [1.165, 1.54) is 12.8 Å². The minimum absolute atomic E-state index is 0.310. The Kier molecular flexibility index (Phi) is 4.62. The predicted molar refractivity (Wildman–Crippen MR) is 95.7 cm³/mol. The van der Waals surface area contributed by atoms with Gasteiger partial charge in [0, 0.05) is 31.7 Å². The maximum atomic E-state index is 5.93. The number of hydrogen-bond donors (Lipinski definition) is 3. The van der Waals surface area contributed by atoms with Crippen LogP contribution in [0.15, 0.2) is 6.07 Å². The number of aromatic nitrogens is 2. The molecule has 0 radical (unpaired) electrons. The number of nitrogens with zero attached hydrogens (tertiary/aromatic N) is 3. The molecule has 0 spiro atoms. The summed E-state index contributed by atoms with van der Waals surface area (Å²) in [4.78, 5) is 11.1. The molecule has 4 N–H and O–H groups in total. The smallest absolute Gasteiger partial charge is 0.223 e. The topological polar surface area (TPSA) is 79.1 Å². The lowest BCUT2D eigenvalue weighted by atomic mass is 9.92. The van der Waals surface area contributed by atoms with Gasteiger partial charge in [-0.15, -0.1) is 0 Å². The van der Waals surface area contributed by atoms with Crippen molar-refractivity contribution in [3.8, 4) is 0 Å². The normalized spacial score (nSPS) is 24.6. The third-order valence-electron chi connectivity index (χ3n) is 4.83. The summed E-state index contributed by atoms with van der Waals surface area (Å²) in [7, 11) is 0. The van der Waals surface area contributed by atoms with Crippen LogP contribution in [-0.2, 0) is 0 Å². The molecule has 23 heavy (non-hydrogen) atoms. The van der Waals surface area contributed by atoms with Gasteiger partial charge in [-0.3, -0.25) is 0 Å². The van der Waals surface area contributed by atoms with E-state index >= 15 is 0 Å². The molecular weight excluding hydrogens is 288 g/mol. The van der Waals surface area contributed by atoms with E-state index in [0.29, 0.717) is 17.4 Å². The lowest BCUT2D eigenvalue weighted by molar-refractivity contribution is 0.340. The molecule has 2 aliphatic rings. The minimum Gasteiger partial charge on any atom is -0.370 e. The number of hydrogen-bond acceptors (Lipinski definition) is 6. The van der Waals surface area contributed by atoms with Gasteiger partial charge in [-0.25, -0.2) is 0 Å². The number of anilines is 3. The van der Waals surface area contributed by atoms with Crippen LogP contribution in [0.4, 0.5) is 17.6 Å². The second-order valence-corrected chi connectivity index (χ2v) is 8.07. The molecule has 0 saturated carbocycles. The highest BCUT2D eigenvalue weighted by molar-refractivity contribution is 5.53. The molecule has 0 aliphatic carbocycles. The zero-order chi connectivity index (χ0) is 16.4. The van der Waals surface area contributed by atoms with E-state index in [2.05, 4.69) is 46.3 Å². The summed E-state index contributed by atoms with van der Waals surface area (Å²) in [5.41, 5.74) is 6.24. The van der Waals surface area contributed by atoms with Gasteiger partial charge in [0.05, 0.1) is 0 Å². The molecule has 2 atom stereocenters. The van der Waals surface area contributed by atoms with Crippen LogP contribution < -0.4 is 21.3 Å². The summed E-state index contributed by atoms with van der Waals surface area (Å²) in [6.45, 7) is 10.8. The first-order valence-electron chi connectivity index (χ1n) is 8.77. The van der Waals surface area contributed by atoms with Gasteiger partial charge in [-0.2, -0.15) is 9.97 Å². The maximum absolute atomic E-state index is 5.93. The van der Waals surface area contributed by atoms with Crippen LogP contribution in [-0.4, -0.2) is 42.2 Å². The summed E-state index contributed by atoms with van der Waals surface area (Å²) in [6, 6.07) is 2.63. The molecule has 128 valence electrons. The number of nitrogens with one attached hydrogen (secondary N) is 2. The van der Waals surface area contributed by atoms with Crippen molar-refractivity contribution in [2.45, 2.75) is 46.1 Å². The summed E-state index contributed by atoms with van der Waals surface area (Å²) >= 11 is 0. The van der Waals surface area contributed by atoms with Gasteiger partial charge in [0.1, 0.15) is 11.6 Å². The van der Waals surface area contributed by atoms with Crippen LogP contribution in [0.1, 0.15) is 40.0 Å². The Hall–Kier alpha value is -1.56. The first-order valence-corrected chi connectivity index (χ1v) is 8.77. The first-order chi connectivity index (χ1) is 10.9. The van der Waals surface area contributed by atoms with Crippen molar-refractivity contribution >= 4 is 17.6 Å². The van der Waals surface area contributed by atoms with Crippen molar-refractivity contribution in [2.75, 3.05) is 42.1 Å². The molecule has 2 aliphatic heterocycles. The highest BCUT2D eigenvalue weighted by Crippen LogP contribution is 2.29. The maximum Gasteiger partial charge on any atom is 0.223 e. The number of rotatable bonds is 4. The van der Waals surface area contributed by atoms with Crippen LogP contribution in [0.2, 0.25) is 0 Å². The lowest BCUT2D eigenvalue weighted by Crippen LogP contribution is -2.40. The van der Waals surface area contributed by atoms with Crippen molar-refractivity contribution < 1.29 is 0 Å². The minimum atomic E-state index is 0.310. The van der Waals surface area contributed by atoms with Crippen LogP contribution in [0.5, 0.6) is 0 Å². The monoisotopic (exact) mass is 318 g/mol. The third kappa shape index (κ3) is 4.25. The molecule has 2 fully saturated rings. The standard InChI is InChI=1S/C17H30N6/c1-17(2,3)6-8-20-14-9-15(22-16(18)21-14)23-10-12-5-4-7-19-13(12)11-23/h9,12-13,19H,4-8,10-11H2,1-3H3,(H3,18,20,21,22)/t12?,13-/m0/s1. The summed E-state index contributed by atoms with van der Waals surface area (Å²) in [5, 5.41) is 7.02. The fourth-order valence-electron chi connectivity index (χ4n) is 3.50. The Bertz CT molecular complexity index is 524. The fraction of sp³-hybridized carbons (Fsp3) is 0.765. The van der Waals surface area contributed by atoms with Gasteiger partial charge in [0.15, 0.2) is 0 Å². The molecule has 0 amide bonds. The van der Waals surface area contributed by atoms with Gasteiger partial charge in [-0.05, 0) is 37.1 Å². The van der Waals surface area contributed by atoms with Crippen molar-refractivity contribution in [2.24, 2.45) is 11.3 Å². The SMILES string of the molecule is CC(C)(C)CCNc1cc(N2CC3CCCN[C@H]3C2)nc(N)n1. The van der Waals surface area contributed by atoms with E-state index in [9.17, 15) is 0 Å². The second kappa shape index (κ2) is 6.51. The van der Waals surface area contributed by atoms with Gasteiger partial charge >= 0.3 is 0 Å². The molecule has 1 aromatic heterocycles. The van der Waals surface area contributed by atoms with Crippen LogP contribution in [0.3, 0.4) is 0 Å². The first kappa shape index (κ1) is 16.3. The van der Waals surface area contributed by atoms with Crippen LogP contribution >= 0.6 is 0 Å². The molecule has 3 rings (SSSR count). The van der Waals surface area contributed by atoms with Crippen molar-refractivity contribution in [1.29, 1.82) is 0 Å². The van der Waals surface area contributed by atoms with Crippen molar-refractivity contribution in [3.63, 3.8) is 0 Å². The Balaban J connectivity index is 1.66. The van der Waals surface area contributed by atoms with Gasteiger partial charge in [0.25, 0.3) is 0 Å². The van der Waals surface area contributed by atoms with E-state index in [-0.39, 0.29) is 0 Å². The molecule has 3 heterocycles. The average Bonchev–Trinajstić information content (AvgIpc) is 2.89. The molecular formula is C17H30N6. The molecule has 1 unspecified atom stereocenters. The zero-order valence-electron chi connectivity index (χ0n) is 14.6. The highest BCUT2D eigenvalue weighted by atomic mass is 15.3. The molecule has 0 aromatic carbocycles. The van der Waals surface area contributed by atoms with E-state index in [4.69, 9.17) is 5.73 Å². The molecule has 6 heteroatoms. The second-order valence-electron chi connectivity index (χ2n) is 8.07. The number of nitrogen functional groups attached to an aromatic ring is 1. The largest absolute Gasteiger partial charge is 0.370 e. The quantitative estimate of drug-likeness (QED) is 0.789. The number of fused-ring (bicyclic) bond motifs is 1. The predicted octanol–water partition coefficient (Wildman–Crippen LogP) is 2.10. The van der Waals surface area contributed by atoms with Crippen LogP contribution in [0.25, 0.3) is 0 Å². The van der Waals surface area contributed by atoms with Gasteiger partial charge in [-0.1, -0.05) is 20.8 Å². The average molecular weight is 318 g/mol. The van der Waals surface area contributed by atoms with Crippen molar-refractivity contribution in [3.05, 3.63) is 6.07 Å². The Morgan fingerprint density at radius 2 is 2.17 bits per heavy atom. The fourth-order valence-corrected chi connectivity index (χ4v) is 3.50. The van der Waals surface area contributed by atoms with Crippen molar-refractivity contribution in [1.82, 2.24) is 15.3 Å². The third-order valence-corrected chi connectivity index (χ3v) is 4.83. The number of nitrogens with two attached hydrogens (primary N) is 1. The summed E-state index contributed by atoms with van der Waals surface area (Å²) in [6.07, 6.45) is 3.68. The van der Waals surface area contributed by atoms with Gasteiger partial charge in [0.2, 0.25) is 5.95 Å². The molecule has 6 nitrogen and oxygen atoms in total. The van der Waals surface area contributed by atoms with E-state index < -0.39 is 0 Å². The highest BCUT2D eigenvalue weighted by Gasteiger charge is 2.35. The lowest BCUT2D eigenvalue weighted by Gasteiger charge is -2.24. The van der Waals surface area contributed by atoms with Gasteiger partial charge < -0.3 is 21.3 Å². The summed E-state index contributed by atoms with van der Waals surface area (Å²) < 4.78 is 0. The van der Waals surface area contributed by atoms with E-state index in [0.717, 1.165) is 50.2 Å². The Morgan fingerprint density at radius 1 is 1.35 bits per heavy atom. The molecule has 0 bridgehead atoms. The number of piperidine rings is 1.